The van der Waals surface area contributed by atoms with Gasteiger partial charge in [0.25, 0.3) is 0 Å². The minimum Gasteiger partial charge on any atom is -0.299 e. The fraction of sp³-hybridized carbons (Fsp3) is 0.308. The lowest BCUT2D eigenvalue weighted by atomic mass is 10.0. The molecule has 1 aromatic carbocycles. The third-order valence-electron chi connectivity index (χ3n) is 2.21. The Morgan fingerprint density at radius 2 is 2.00 bits per heavy atom. The second-order valence-electron chi connectivity index (χ2n) is 3.30. The van der Waals surface area contributed by atoms with Crippen LogP contribution in [0.4, 0.5) is 0 Å². The topological polar surface area (TPSA) is 17.1 Å². The van der Waals surface area contributed by atoms with Gasteiger partial charge >= 0.3 is 0 Å². The van der Waals surface area contributed by atoms with Crippen molar-refractivity contribution in [2.24, 2.45) is 0 Å². The molecule has 0 aliphatic rings. The zero-order valence-electron chi connectivity index (χ0n) is 8.57. The molecule has 0 heterocycles. The van der Waals surface area contributed by atoms with Crippen molar-refractivity contribution in [2.75, 3.05) is 0 Å². The highest BCUT2D eigenvalue weighted by Gasteiger charge is 1.99. The van der Waals surface area contributed by atoms with Gasteiger partial charge in [-0.25, -0.2) is 0 Å². The second kappa shape index (κ2) is 6.14. The summed E-state index contributed by atoms with van der Waals surface area (Å²) in [5, 5.41) is 0. The molecule has 14 heavy (non-hydrogen) atoms. The van der Waals surface area contributed by atoms with Crippen LogP contribution < -0.4 is 0 Å². The first-order chi connectivity index (χ1) is 6.88. The van der Waals surface area contributed by atoms with Crippen molar-refractivity contribution >= 4 is 11.9 Å². The molecule has 1 heteroatoms. The maximum absolute atomic E-state index is 10.5. The lowest BCUT2D eigenvalue weighted by Gasteiger charge is -2.05. The van der Waals surface area contributed by atoms with E-state index in [1.807, 2.05) is 30.3 Å². The van der Waals surface area contributed by atoms with Crippen molar-refractivity contribution < 1.29 is 4.79 Å². The Hall–Kier alpha value is -1.37. The summed E-state index contributed by atoms with van der Waals surface area (Å²) in [4.78, 5) is 10.5. The average Bonchev–Trinajstić information content (AvgIpc) is 2.25. The van der Waals surface area contributed by atoms with Gasteiger partial charge in [-0.1, -0.05) is 43.7 Å². The summed E-state index contributed by atoms with van der Waals surface area (Å²) < 4.78 is 0. The highest BCUT2D eigenvalue weighted by molar-refractivity contribution is 5.81. The van der Waals surface area contributed by atoms with E-state index in [1.165, 1.54) is 0 Å². The molecule has 0 spiro atoms. The maximum atomic E-state index is 10.5. The standard InChI is InChI=1S/C13H16O/c1-2-3-7-13(10-11-14)12-8-5-4-6-9-12/h4-6,8-11H,2-3,7H2,1H3. The predicted octanol–water partition coefficient (Wildman–Crippen LogP) is 3.46. The van der Waals surface area contributed by atoms with Crippen molar-refractivity contribution in [3.05, 3.63) is 42.0 Å². The number of rotatable bonds is 5. The normalized spacial score (nSPS) is 11.4. The molecule has 1 aromatic rings. The second-order valence-corrected chi connectivity index (χ2v) is 3.30. The van der Waals surface area contributed by atoms with Crippen LogP contribution in [0.2, 0.25) is 0 Å². The van der Waals surface area contributed by atoms with Gasteiger partial charge in [0.1, 0.15) is 6.29 Å². The van der Waals surface area contributed by atoms with Gasteiger partial charge in [-0.15, -0.1) is 0 Å². The fourth-order valence-electron chi connectivity index (χ4n) is 1.43. The van der Waals surface area contributed by atoms with Crippen LogP contribution in [0, 0.1) is 0 Å². The minimum atomic E-state index is 0.873. The maximum Gasteiger partial charge on any atom is 0.143 e. The summed E-state index contributed by atoms with van der Waals surface area (Å²) in [5.74, 6) is 0. The summed E-state index contributed by atoms with van der Waals surface area (Å²) in [7, 11) is 0. The summed E-state index contributed by atoms with van der Waals surface area (Å²) in [6, 6.07) is 10.1. The first-order valence-electron chi connectivity index (χ1n) is 5.08. The Labute approximate surface area is 85.5 Å². The van der Waals surface area contributed by atoms with Crippen LogP contribution in [0.1, 0.15) is 31.7 Å². The van der Waals surface area contributed by atoms with Crippen LogP contribution >= 0.6 is 0 Å². The van der Waals surface area contributed by atoms with Crippen LogP contribution in [-0.2, 0) is 4.79 Å². The van der Waals surface area contributed by atoms with E-state index >= 15 is 0 Å². The van der Waals surface area contributed by atoms with Gasteiger partial charge in [-0.2, -0.15) is 0 Å². The number of aldehydes is 1. The molecule has 0 radical (unpaired) electrons. The molecule has 0 aromatic heterocycles. The molecule has 0 fully saturated rings. The Morgan fingerprint density at radius 3 is 2.57 bits per heavy atom. The molecule has 0 saturated carbocycles. The summed E-state index contributed by atoms with van der Waals surface area (Å²) in [5.41, 5.74) is 2.30. The fourth-order valence-corrected chi connectivity index (χ4v) is 1.43. The number of hydrogen-bond donors (Lipinski definition) is 0. The SMILES string of the molecule is CCCCC(=CC=O)c1ccccc1. The quantitative estimate of drug-likeness (QED) is 0.511. The van der Waals surface area contributed by atoms with Crippen LogP contribution in [0.25, 0.3) is 5.57 Å². The lowest BCUT2D eigenvalue weighted by molar-refractivity contribution is -0.104. The number of allylic oxidation sites excluding steroid dienone is 2. The van der Waals surface area contributed by atoms with E-state index < -0.39 is 0 Å². The highest BCUT2D eigenvalue weighted by Crippen LogP contribution is 2.19. The van der Waals surface area contributed by atoms with Crippen molar-refractivity contribution in [1.29, 1.82) is 0 Å². The largest absolute Gasteiger partial charge is 0.299 e. The van der Waals surface area contributed by atoms with E-state index in [-0.39, 0.29) is 0 Å². The van der Waals surface area contributed by atoms with Gasteiger partial charge in [0.2, 0.25) is 0 Å². The van der Waals surface area contributed by atoms with E-state index in [1.54, 1.807) is 6.08 Å². The van der Waals surface area contributed by atoms with Gasteiger partial charge in [-0.05, 0) is 30.1 Å². The van der Waals surface area contributed by atoms with Crippen molar-refractivity contribution in [3.63, 3.8) is 0 Å². The number of benzene rings is 1. The Kier molecular flexibility index (Phi) is 4.70. The van der Waals surface area contributed by atoms with E-state index in [4.69, 9.17) is 0 Å². The lowest BCUT2D eigenvalue weighted by Crippen LogP contribution is -1.85. The zero-order valence-corrected chi connectivity index (χ0v) is 8.57. The summed E-state index contributed by atoms with van der Waals surface area (Å²) in [6.07, 6.45) is 5.82. The van der Waals surface area contributed by atoms with E-state index in [2.05, 4.69) is 6.92 Å². The van der Waals surface area contributed by atoms with Crippen LogP contribution in [0.15, 0.2) is 36.4 Å². The Balaban J connectivity index is 2.78. The molecular formula is C13H16O. The average molecular weight is 188 g/mol. The summed E-state index contributed by atoms with van der Waals surface area (Å²) in [6.45, 7) is 2.16. The Morgan fingerprint density at radius 1 is 1.29 bits per heavy atom. The molecule has 1 nitrogen and oxygen atoms in total. The van der Waals surface area contributed by atoms with Crippen molar-refractivity contribution in [1.82, 2.24) is 0 Å². The van der Waals surface area contributed by atoms with Gasteiger partial charge in [0, 0.05) is 0 Å². The minimum absolute atomic E-state index is 0.873. The molecule has 0 aliphatic heterocycles. The third kappa shape index (κ3) is 3.17. The molecule has 74 valence electrons. The van der Waals surface area contributed by atoms with Gasteiger partial charge in [-0.3, -0.25) is 4.79 Å². The molecule has 0 atom stereocenters. The number of unbranched alkanes of at least 4 members (excludes halogenated alkanes) is 1. The van der Waals surface area contributed by atoms with Gasteiger partial charge in [0.15, 0.2) is 0 Å². The van der Waals surface area contributed by atoms with Crippen LogP contribution in [-0.4, -0.2) is 6.29 Å². The first kappa shape index (κ1) is 10.7. The molecule has 1 rings (SSSR count). The first-order valence-corrected chi connectivity index (χ1v) is 5.08. The van der Waals surface area contributed by atoms with Gasteiger partial charge < -0.3 is 0 Å². The number of hydrogen-bond acceptors (Lipinski definition) is 1. The Bertz CT molecular complexity index is 298. The molecular weight excluding hydrogens is 172 g/mol. The monoisotopic (exact) mass is 188 g/mol. The summed E-state index contributed by atoms with van der Waals surface area (Å²) >= 11 is 0. The van der Waals surface area contributed by atoms with Crippen LogP contribution in [0.3, 0.4) is 0 Å². The molecule has 0 amide bonds. The van der Waals surface area contributed by atoms with E-state index in [0.29, 0.717) is 0 Å². The number of carbonyl (C=O) groups is 1. The molecule has 0 bridgehead atoms. The van der Waals surface area contributed by atoms with Crippen molar-refractivity contribution in [3.8, 4) is 0 Å². The van der Waals surface area contributed by atoms with E-state index in [0.717, 1.165) is 36.7 Å². The smallest absolute Gasteiger partial charge is 0.143 e. The zero-order chi connectivity index (χ0) is 10.2. The molecule has 0 unspecified atom stereocenters. The predicted molar refractivity (Wildman–Crippen MR) is 60.0 cm³/mol. The van der Waals surface area contributed by atoms with E-state index in [9.17, 15) is 4.79 Å². The van der Waals surface area contributed by atoms with Crippen molar-refractivity contribution in [2.45, 2.75) is 26.2 Å². The third-order valence-corrected chi connectivity index (χ3v) is 2.21. The van der Waals surface area contributed by atoms with Gasteiger partial charge in [0.05, 0.1) is 0 Å². The molecule has 0 aliphatic carbocycles. The number of carbonyl (C=O) groups excluding carboxylic acids is 1. The molecule has 0 N–H and O–H groups in total. The van der Waals surface area contributed by atoms with Crippen LogP contribution in [0.5, 0.6) is 0 Å². The molecule has 0 saturated heterocycles. The highest BCUT2D eigenvalue weighted by atomic mass is 16.1.